The Labute approximate surface area is 125 Å². The Bertz CT molecular complexity index is 302. The van der Waals surface area contributed by atoms with Crippen molar-refractivity contribution in [3.05, 3.63) is 12.2 Å². The van der Waals surface area contributed by atoms with Crippen LogP contribution in [0.15, 0.2) is 12.2 Å². The summed E-state index contributed by atoms with van der Waals surface area (Å²) in [6, 6.07) is 0. The molecule has 4 atom stereocenters. The first-order valence-electron chi connectivity index (χ1n) is 9.29. The highest BCUT2D eigenvalue weighted by atomic mass is 15.2. The van der Waals surface area contributed by atoms with Crippen molar-refractivity contribution in [2.75, 3.05) is 19.6 Å². The van der Waals surface area contributed by atoms with E-state index in [4.69, 9.17) is 0 Å². The normalized spacial score (nSPS) is 35.0. The summed E-state index contributed by atoms with van der Waals surface area (Å²) in [5, 5.41) is 0. The minimum Gasteiger partial charge on any atom is -0.303 e. The van der Waals surface area contributed by atoms with Crippen LogP contribution in [0, 0.1) is 23.7 Å². The zero-order valence-electron chi connectivity index (χ0n) is 13.4. The fourth-order valence-electron chi connectivity index (χ4n) is 4.89. The molecule has 1 heteroatoms. The molecule has 0 unspecified atom stereocenters. The van der Waals surface area contributed by atoms with Crippen molar-refractivity contribution >= 4 is 0 Å². The van der Waals surface area contributed by atoms with Gasteiger partial charge >= 0.3 is 0 Å². The smallest absolute Gasteiger partial charge is 0.00188 e. The summed E-state index contributed by atoms with van der Waals surface area (Å²) in [6.45, 7) is 6.49. The third kappa shape index (κ3) is 3.30. The maximum Gasteiger partial charge on any atom is 0.00188 e. The molecule has 2 aliphatic carbocycles. The quantitative estimate of drug-likeness (QED) is 0.428. The first-order valence-corrected chi connectivity index (χ1v) is 9.29. The molecule has 3 aliphatic rings. The molecule has 3 rings (SSSR count). The zero-order valence-corrected chi connectivity index (χ0v) is 13.4. The predicted octanol–water partition coefficient (Wildman–Crippen LogP) is 4.88. The van der Waals surface area contributed by atoms with E-state index in [9.17, 15) is 0 Å². The van der Waals surface area contributed by atoms with Crippen molar-refractivity contribution in [2.45, 2.75) is 64.7 Å². The van der Waals surface area contributed by atoms with Crippen molar-refractivity contribution in [1.29, 1.82) is 0 Å². The van der Waals surface area contributed by atoms with E-state index in [0.29, 0.717) is 0 Å². The molecule has 1 saturated heterocycles. The number of hydrogen-bond acceptors (Lipinski definition) is 1. The summed E-state index contributed by atoms with van der Waals surface area (Å²) in [4.78, 5) is 2.78. The number of rotatable bonds is 9. The molecule has 2 bridgehead atoms. The van der Waals surface area contributed by atoms with Crippen LogP contribution >= 0.6 is 0 Å². The molecule has 1 saturated carbocycles. The van der Waals surface area contributed by atoms with Crippen molar-refractivity contribution in [3.63, 3.8) is 0 Å². The highest BCUT2D eigenvalue weighted by molar-refractivity contribution is 5.16. The van der Waals surface area contributed by atoms with Crippen molar-refractivity contribution in [3.8, 4) is 0 Å². The van der Waals surface area contributed by atoms with Crippen LogP contribution in [0.5, 0.6) is 0 Å². The molecule has 2 fully saturated rings. The molecule has 20 heavy (non-hydrogen) atoms. The predicted molar refractivity (Wildman–Crippen MR) is 86.8 cm³/mol. The SMILES string of the molecule is CCCCCCCCCCN1C[C@@H]2[C@@H](C1)[C@H]1C=C[C@@H]2C1. The Morgan fingerprint density at radius 2 is 1.35 bits per heavy atom. The summed E-state index contributed by atoms with van der Waals surface area (Å²) in [7, 11) is 0. The van der Waals surface area contributed by atoms with Crippen molar-refractivity contribution in [1.82, 2.24) is 4.90 Å². The lowest BCUT2D eigenvalue weighted by Gasteiger charge is -2.17. The van der Waals surface area contributed by atoms with E-state index in [2.05, 4.69) is 24.0 Å². The maximum absolute atomic E-state index is 2.78. The summed E-state index contributed by atoms with van der Waals surface area (Å²) >= 11 is 0. The van der Waals surface area contributed by atoms with Gasteiger partial charge in [0.15, 0.2) is 0 Å². The lowest BCUT2D eigenvalue weighted by Crippen LogP contribution is -2.24. The van der Waals surface area contributed by atoms with E-state index < -0.39 is 0 Å². The molecule has 0 N–H and O–H groups in total. The van der Waals surface area contributed by atoms with Gasteiger partial charge in [0.2, 0.25) is 0 Å². The number of hydrogen-bond donors (Lipinski definition) is 0. The highest BCUT2D eigenvalue weighted by Crippen LogP contribution is 2.51. The van der Waals surface area contributed by atoms with Crippen LogP contribution in [0.3, 0.4) is 0 Å². The van der Waals surface area contributed by atoms with Crippen LogP contribution in [-0.4, -0.2) is 24.5 Å². The number of likely N-dealkylation sites (tertiary alicyclic amines) is 1. The van der Waals surface area contributed by atoms with Gasteiger partial charge in [0.05, 0.1) is 0 Å². The monoisotopic (exact) mass is 275 g/mol. The molecule has 0 radical (unpaired) electrons. The Hall–Kier alpha value is -0.300. The standard InChI is InChI=1S/C19H33N/c1-2-3-4-5-6-7-8-9-12-20-14-18-16-10-11-17(13-16)19(18)15-20/h10-11,16-19H,2-9,12-15H2,1H3/t16-,17+,18-,19-/m0/s1. The van der Waals surface area contributed by atoms with Gasteiger partial charge in [0.1, 0.15) is 0 Å². The largest absolute Gasteiger partial charge is 0.303 e. The Kier molecular flexibility index (Phi) is 5.20. The van der Waals surface area contributed by atoms with E-state index in [1.165, 1.54) is 77.4 Å². The summed E-state index contributed by atoms with van der Waals surface area (Å²) in [6.07, 6.45) is 18.1. The van der Waals surface area contributed by atoms with E-state index in [0.717, 1.165) is 23.7 Å². The Morgan fingerprint density at radius 1 is 0.800 bits per heavy atom. The van der Waals surface area contributed by atoms with Crippen LogP contribution in [0.2, 0.25) is 0 Å². The lowest BCUT2D eigenvalue weighted by atomic mass is 9.86. The molecular formula is C19H33N. The summed E-state index contributed by atoms with van der Waals surface area (Å²) in [5.41, 5.74) is 0. The molecule has 1 nitrogen and oxygen atoms in total. The first-order chi connectivity index (χ1) is 9.88. The molecule has 1 aliphatic heterocycles. The summed E-state index contributed by atoms with van der Waals surface area (Å²) in [5.74, 6) is 3.96. The second-order valence-corrected chi connectivity index (χ2v) is 7.51. The van der Waals surface area contributed by atoms with Crippen LogP contribution in [0.1, 0.15) is 64.7 Å². The minimum absolute atomic E-state index is 0.952. The minimum atomic E-state index is 0.952. The van der Waals surface area contributed by atoms with Gasteiger partial charge in [-0.05, 0) is 43.1 Å². The van der Waals surface area contributed by atoms with Crippen molar-refractivity contribution in [2.24, 2.45) is 23.7 Å². The van der Waals surface area contributed by atoms with Gasteiger partial charge in [-0.3, -0.25) is 0 Å². The first kappa shape index (κ1) is 14.6. The van der Waals surface area contributed by atoms with Crippen LogP contribution in [0.4, 0.5) is 0 Å². The van der Waals surface area contributed by atoms with Gasteiger partial charge in [0, 0.05) is 13.1 Å². The second-order valence-electron chi connectivity index (χ2n) is 7.51. The molecule has 1 heterocycles. The van der Waals surface area contributed by atoms with Crippen LogP contribution in [0.25, 0.3) is 0 Å². The topological polar surface area (TPSA) is 3.24 Å². The van der Waals surface area contributed by atoms with E-state index in [-0.39, 0.29) is 0 Å². The zero-order chi connectivity index (χ0) is 13.8. The fraction of sp³-hybridized carbons (Fsp3) is 0.895. The molecule has 0 aromatic rings. The van der Waals surface area contributed by atoms with Gasteiger partial charge < -0.3 is 4.90 Å². The van der Waals surface area contributed by atoms with Gasteiger partial charge in [-0.2, -0.15) is 0 Å². The Balaban J connectivity index is 1.23. The van der Waals surface area contributed by atoms with Crippen LogP contribution < -0.4 is 0 Å². The average molecular weight is 275 g/mol. The number of allylic oxidation sites excluding steroid dienone is 2. The molecule has 0 spiro atoms. The average Bonchev–Trinajstić information content (AvgIpc) is 3.13. The van der Waals surface area contributed by atoms with Crippen molar-refractivity contribution < 1.29 is 0 Å². The maximum atomic E-state index is 2.78. The fourth-order valence-corrected chi connectivity index (χ4v) is 4.89. The third-order valence-electron chi connectivity index (χ3n) is 6.07. The molecule has 0 amide bonds. The van der Waals surface area contributed by atoms with E-state index >= 15 is 0 Å². The third-order valence-corrected chi connectivity index (χ3v) is 6.07. The van der Waals surface area contributed by atoms with E-state index in [1.54, 1.807) is 0 Å². The molecule has 0 aromatic carbocycles. The van der Waals surface area contributed by atoms with Gasteiger partial charge in [-0.15, -0.1) is 0 Å². The van der Waals surface area contributed by atoms with Gasteiger partial charge in [0.25, 0.3) is 0 Å². The Morgan fingerprint density at radius 3 is 1.95 bits per heavy atom. The lowest BCUT2D eigenvalue weighted by molar-refractivity contribution is 0.291. The number of unbranched alkanes of at least 4 members (excludes halogenated alkanes) is 7. The number of fused-ring (bicyclic) bond motifs is 5. The molecule has 0 aromatic heterocycles. The van der Waals surface area contributed by atoms with Gasteiger partial charge in [-0.25, -0.2) is 0 Å². The van der Waals surface area contributed by atoms with E-state index in [1.807, 2.05) is 0 Å². The molecular weight excluding hydrogens is 242 g/mol. The van der Waals surface area contributed by atoms with Crippen LogP contribution in [-0.2, 0) is 0 Å². The highest BCUT2D eigenvalue weighted by Gasteiger charge is 2.48. The van der Waals surface area contributed by atoms with Gasteiger partial charge in [-0.1, -0.05) is 64.0 Å². The number of nitrogens with zero attached hydrogens (tertiary/aromatic N) is 1. The second kappa shape index (κ2) is 7.11. The molecule has 114 valence electrons. The summed E-state index contributed by atoms with van der Waals surface area (Å²) < 4.78 is 0.